The van der Waals surface area contributed by atoms with E-state index in [1.54, 1.807) is 0 Å². The Labute approximate surface area is 212 Å². The van der Waals surface area contributed by atoms with Gasteiger partial charge >= 0.3 is 19.6 Å². The smallest absolute Gasteiger partial charge is 0.393 e. The number of H-pyrrole nitrogens is 2. The van der Waals surface area contributed by atoms with Gasteiger partial charge in [-0.2, -0.15) is 0 Å². The van der Waals surface area contributed by atoms with Crippen LogP contribution in [0, 0.1) is 13.8 Å². The van der Waals surface area contributed by atoms with Crippen molar-refractivity contribution in [3.05, 3.63) is 65.2 Å². The fourth-order valence-corrected chi connectivity index (χ4v) is 4.96. The number of nitrogens with zero attached hydrogens (tertiary/aromatic N) is 2. The Morgan fingerprint density at radius 1 is 1.08 bits per heavy atom. The molecule has 17 nitrogen and oxygen atoms in total. The van der Waals surface area contributed by atoms with Crippen LogP contribution in [0.4, 0.5) is 0 Å². The van der Waals surface area contributed by atoms with Crippen LogP contribution in [-0.4, -0.2) is 76.5 Å². The van der Waals surface area contributed by atoms with E-state index in [1.165, 1.54) is 26.2 Å². The largest absolute Gasteiger partial charge is 0.703 e. The first-order valence-electron chi connectivity index (χ1n) is 11.3. The highest BCUT2D eigenvalue weighted by Gasteiger charge is 2.57. The molecule has 2 aromatic heterocycles. The van der Waals surface area contributed by atoms with Crippen molar-refractivity contribution >= 4 is 8.25 Å². The first kappa shape index (κ1) is 28.2. The molecule has 2 unspecified atom stereocenters. The molecule has 2 aromatic rings. The maximum Gasteiger partial charge on any atom is 0.703 e. The molecule has 0 radical (unpaired) electrons. The van der Waals surface area contributed by atoms with Crippen molar-refractivity contribution in [2.24, 2.45) is 0 Å². The molecule has 18 heteroatoms. The summed E-state index contributed by atoms with van der Waals surface area (Å²) in [5.74, 6) is -2.45. The van der Waals surface area contributed by atoms with Gasteiger partial charge < -0.3 is 29.9 Å². The lowest BCUT2D eigenvalue weighted by molar-refractivity contribution is -0.198. The van der Waals surface area contributed by atoms with Crippen LogP contribution in [0.15, 0.2) is 31.6 Å². The van der Waals surface area contributed by atoms with E-state index in [1.807, 2.05) is 0 Å². The summed E-state index contributed by atoms with van der Waals surface area (Å²) >= 11 is 0. The second-order valence-electron chi connectivity index (χ2n) is 8.94. The summed E-state index contributed by atoms with van der Waals surface area (Å²) in [6.07, 6.45) is -7.09. The van der Waals surface area contributed by atoms with E-state index in [-0.39, 0.29) is 17.5 Å². The molecule has 4 heterocycles. The summed E-state index contributed by atoms with van der Waals surface area (Å²) in [5, 5.41) is 41.2. The lowest BCUT2D eigenvalue weighted by Crippen LogP contribution is -2.42. The number of ether oxygens (including phenoxy) is 2. The van der Waals surface area contributed by atoms with Gasteiger partial charge in [0, 0.05) is 34.5 Å². The Kier molecular flexibility index (Phi) is 7.94. The summed E-state index contributed by atoms with van der Waals surface area (Å²) in [4.78, 5) is 51.6. The lowest BCUT2D eigenvalue weighted by atomic mass is 10.1. The highest BCUT2D eigenvalue weighted by atomic mass is 31.1. The number of aryl methyl sites for hydroxylation is 2. The zero-order valence-corrected chi connectivity index (χ0v) is 20.9. The van der Waals surface area contributed by atoms with Crippen molar-refractivity contribution in [2.45, 2.75) is 69.5 Å². The molecule has 0 aromatic carbocycles. The minimum absolute atomic E-state index is 0.162. The molecule has 2 aliphatic rings. The van der Waals surface area contributed by atoms with Gasteiger partial charge in [-0.3, -0.25) is 28.7 Å². The maximum absolute atomic E-state index is 12.5. The van der Waals surface area contributed by atoms with Gasteiger partial charge in [-0.1, -0.05) is 9.05 Å². The molecule has 208 valence electrons. The molecule has 0 bridgehead atoms. The molecule has 2 aliphatic heterocycles. The third-order valence-electron chi connectivity index (χ3n) is 6.21. The Morgan fingerprint density at radius 2 is 1.63 bits per heavy atom. The van der Waals surface area contributed by atoms with Gasteiger partial charge in [0.2, 0.25) is 6.29 Å². The lowest BCUT2D eigenvalue weighted by Gasteiger charge is -2.21. The first-order chi connectivity index (χ1) is 17.8. The fourth-order valence-electron chi connectivity index (χ4n) is 4.17. The SMILES string of the molecule is Cc1cn([C@H]2C[C@H](O)[C@@H](C(O)O[P+](=O)O[C@]3(O)C[C@H](n4cc(C)c(=O)[nH]c4=O)O[C@@H]3CO)O2)c(=O)[nH]c1=O. The normalized spacial score (nSPS) is 30.5. The summed E-state index contributed by atoms with van der Waals surface area (Å²) in [6.45, 7) is 2.06. The predicted octanol–water partition coefficient (Wildman–Crippen LogP) is -2.67. The molecule has 0 aliphatic carbocycles. The zero-order chi connectivity index (χ0) is 27.9. The number of nitrogens with one attached hydrogen (secondary N) is 2. The van der Waals surface area contributed by atoms with Gasteiger partial charge in [0.1, 0.15) is 24.7 Å². The molecular weight excluding hydrogens is 535 g/mol. The quantitative estimate of drug-likeness (QED) is 0.142. The second kappa shape index (κ2) is 10.7. The molecule has 0 spiro atoms. The number of hydrogen-bond acceptors (Lipinski definition) is 13. The Hall–Kier alpha value is -2.86. The average molecular weight is 561 g/mol. The molecular formula is C20H26N4O13P+. The third-order valence-corrected chi connectivity index (χ3v) is 7.07. The van der Waals surface area contributed by atoms with Gasteiger partial charge in [0.05, 0.1) is 19.1 Å². The van der Waals surface area contributed by atoms with Crippen LogP contribution in [0.25, 0.3) is 0 Å². The van der Waals surface area contributed by atoms with Gasteiger partial charge in [0.25, 0.3) is 16.9 Å². The van der Waals surface area contributed by atoms with Crippen LogP contribution < -0.4 is 22.5 Å². The highest BCUT2D eigenvalue weighted by molar-refractivity contribution is 7.33. The van der Waals surface area contributed by atoms with Gasteiger partial charge in [-0.05, 0) is 13.8 Å². The first-order valence-corrected chi connectivity index (χ1v) is 12.4. The van der Waals surface area contributed by atoms with E-state index in [0.717, 1.165) is 9.13 Å². The Bertz CT molecular complexity index is 1450. The van der Waals surface area contributed by atoms with Crippen LogP contribution in [0.5, 0.6) is 0 Å². The van der Waals surface area contributed by atoms with Crippen molar-refractivity contribution in [3.63, 3.8) is 0 Å². The van der Waals surface area contributed by atoms with E-state index in [4.69, 9.17) is 18.5 Å². The van der Waals surface area contributed by atoms with Crippen molar-refractivity contribution < 1.29 is 43.5 Å². The summed E-state index contributed by atoms with van der Waals surface area (Å²) in [7, 11) is -3.33. The molecule has 4 rings (SSSR count). The number of rotatable bonds is 8. The van der Waals surface area contributed by atoms with Gasteiger partial charge in [-0.15, -0.1) is 0 Å². The minimum Gasteiger partial charge on any atom is -0.393 e. The zero-order valence-electron chi connectivity index (χ0n) is 20.0. The molecule has 0 amide bonds. The number of hydrogen-bond donors (Lipinski definition) is 6. The van der Waals surface area contributed by atoms with E-state index in [0.29, 0.717) is 0 Å². The number of aromatic nitrogens is 4. The van der Waals surface area contributed by atoms with E-state index in [9.17, 15) is 44.2 Å². The number of aromatic amines is 2. The number of aliphatic hydroxyl groups is 4. The second-order valence-corrected chi connectivity index (χ2v) is 9.78. The van der Waals surface area contributed by atoms with Crippen LogP contribution in [0.3, 0.4) is 0 Å². The molecule has 0 saturated carbocycles. The van der Waals surface area contributed by atoms with Crippen LogP contribution in [-0.2, 0) is 23.1 Å². The summed E-state index contributed by atoms with van der Waals surface area (Å²) in [5.41, 5.74) is -2.54. The molecule has 2 saturated heterocycles. The summed E-state index contributed by atoms with van der Waals surface area (Å²) in [6, 6.07) is 0. The third kappa shape index (κ3) is 5.47. The standard InChI is InChI=1S/C20H25N4O13P/c1-8-5-23(18(30)21-15(8)27)12-3-10(26)14(35-12)17(29)36-38(33)37-20(32)4-13(34-11(20)7-25)24-6-9(2)16(28)22-19(24)31/h5-6,10-14,17,25-26,29,32H,3-4,7H2,1-2H3,(H-,21,22,27,28,30,31)/p+1/t10-,11+,12+,13+,14-,17?,20+/m0/s1. The monoisotopic (exact) mass is 561 g/mol. The number of aliphatic hydroxyl groups excluding tert-OH is 3. The van der Waals surface area contributed by atoms with E-state index < -0.39 is 86.6 Å². The topological polar surface area (TPSA) is 245 Å². The van der Waals surface area contributed by atoms with Gasteiger partial charge in [-0.25, -0.2) is 9.59 Å². The van der Waals surface area contributed by atoms with E-state index >= 15 is 0 Å². The van der Waals surface area contributed by atoms with Gasteiger partial charge in [0.15, 0.2) is 0 Å². The highest BCUT2D eigenvalue weighted by Crippen LogP contribution is 2.44. The fraction of sp³-hybridized carbons (Fsp3) is 0.600. The minimum atomic E-state index is -3.33. The predicted molar refractivity (Wildman–Crippen MR) is 123 cm³/mol. The molecule has 8 atom stereocenters. The van der Waals surface area contributed by atoms with E-state index in [2.05, 4.69) is 9.97 Å². The van der Waals surface area contributed by atoms with Crippen molar-refractivity contribution in [1.82, 2.24) is 19.1 Å². The molecule has 6 N–H and O–H groups in total. The molecule has 2 fully saturated rings. The van der Waals surface area contributed by atoms with Crippen molar-refractivity contribution in [1.29, 1.82) is 0 Å². The van der Waals surface area contributed by atoms with Crippen molar-refractivity contribution in [2.75, 3.05) is 6.61 Å². The average Bonchev–Trinajstić information content (AvgIpc) is 3.37. The maximum atomic E-state index is 12.5. The van der Waals surface area contributed by atoms with Crippen LogP contribution in [0.1, 0.15) is 36.4 Å². The Balaban J connectivity index is 1.43. The van der Waals surface area contributed by atoms with Crippen molar-refractivity contribution in [3.8, 4) is 0 Å². The summed E-state index contributed by atoms with van der Waals surface area (Å²) < 4.78 is 35.4. The molecule has 38 heavy (non-hydrogen) atoms. The van der Waals surface area contributed by atoms with Crippen LogP contribution in [0.2, 0.25) is 0 Å². The van der Waals surface area contributed by atoms with Crippen LogP contribution >= 0.6 is 8.25 Å². The Morgan fingerprint density at radius 3 is 2.18 bits per heavy atom.